The van der Waals surface area contributed by atoms with Crippen molar-refractivity contribution in [2.24, 2.45) is 0 Å². The van der Waals surface area contributed by atoms with Crippen molar-refractivity contribution in [2.45, 2.75) is 52.6 Å². The number of hydrogen-bond donors (Lipinski definition) is 2. The van der Waals surface area contributed by atoms with Gasteiger partial charge in [0.25, 0.3) is 0 Å². The minimum Gasteiger partial charge on any atom is -0.361 e. The maximum absolute atomic E-state index is 12.2. The number of H-pyrrole nitrogens is 1. The van der Waals surface area contributed by atoms with E-state index in [4.69, 9.17) is 0 Å². The number of benzene rings is 1. The van der Waals surface area contributed by atoms with Gasteiger partial charge in [-0.05, 0) is 51.3 Å². The molecule has 25 heavy (non-hydrogen) atoms. The zero-order valence-electron chi connectivity index (χ0n) is 15.2. The first-order valence-corrected chi connectivity index (χ1v) is 8.88. The third-order valence-corrected chi connectivity index (χ3v) is 4.48. The molecule has 0 unspecified atom stereocenters. The Balaban J connectivity index is 1.45. The van der Waals surface area contributed by atoms with Gasteiger partial charge >= 0.3 is 0 Å². The lowest BCUT2D eigenvalue weighted by Gasteiger charge is -2.15. The number of para-hydroxylation sites is 1. The summed E-state index contributed by atoms with van der Waals surface area (Å²) in [5.41, 5.74) is 4.56. The van der Waals surface area contributed by atoms with Crippen LogP contribution in [-0.2, 0) is 17.8 Å². The topological polar surface area (TPSA) is 62.7 Å². The Morgan fingerprint density at radius 1 is 1.32 bits per heavy atom. The zero-order valence-corrected chi connectivity index (χ0v) is 15.2. The van der Waals surface area contributed by atoms with Gasteiger partial charge in [-0.25, -0.2) is 0 Å². The van der Waals surface area contributed by atoms with Crippen LogP contribution in [0, 0.1) is 13.8 Å². The van der Waals surface area contributed by atoms with Gasteiger partial charge in [-0.2, -0.15) is 5.10 Å². The number of carbonyl (C=O) groups excluding carboxylic acids is 1. The van der Waals surface area contributed by atoms with Crippen molar-refractivity contribution in [1.29, 1.82) is 0 Å². The van der Waals surface area contributed by atoms with Gasteiger partial charge in [-0.3, -0.25) is 9.48 Å². The molecular formula is C20H26N4O. The second-order valence-electron chi connectivity index (χ2n) is 6.79. The molecule has 0 aliphatic heterocycles. The molecule has 0 fully saturated rings. The van der Waals surface area contributed by atoms with Crippen LogP contribution in [0.5, 0.6) is 0 Å². The molecule has 5 nitrogen and oxygen atoms in total. The van der Waals surface area contributed by atoms with Crippen molar-refractivity contribution in [3.05, 3.63) is 53.5 Å². The van der Waals surface area contributed by atoms with Crippen molar-refractivity contribution in [3.63, 3.8) is 0 Å². The van der Waals surface area contributed by atoms with Crippen LogP contribution in [0.1, 0.15) is 36.7 Å². The second-order valence-corrected chi connectivity index (χ2v) is 6.79. The Bertz CT molecular complexity index is 862. The van der Waals surface area contributed by atoms with E-state index in [9.17, 15) is 4.79 Å². The number of aromatic amines is 1. The summed E-state index contributed by atoms with van der Waals surface area (Å²) in [6, 6.07) is 10.4. The van der Waals surface area contributed by atoms with Gasteiger partial charge in [0.2, 0.25) is 5.91 Å². The molecule has 1 amide bonds. The normalized spacial score (nSPS) is 12.4. The molecule has 1 atom stereocenters. The highest BCUT2D eigenvalue weighted by Crippen LogP contribution is 2.19. The van der Waals surface area contributed by atoms with E-state index in [0.29, 0.717) is 13.0 Å². The van der Waals surface area contributed by atoms with Crippen LogP contribution in [0.2, 0.25) is 0 Å². The molecule has 5 heteroatoms. The van der Waals surface area contributed by atoms with Crippen LogP contribution < -0.4 is 5.32 Å². The highest BCUT2D eigenvalue weighted by molar-refractivity contribution is 5.83. The van der Waals surface area contributed by atoms with Crippen LogP contribution in [-0.4, -0.2) is 26.7 Å². The number of nitrogens with zero attached hydrogens (tertiary/aromatic N) is 2. The van der Waals surface area contributed by atoms with Crippen molar-refractivity contribution in [1.82, 2.24) is 20.1 Å². The summed E-state index contributed by atoms with van der Waals surface area (Å²) in [6.07, 6.45) is 4.35. The fourth-order valence-electron chi connectivity index (χ4n) is 3.29. The van der Waals surface area contributed by atoms with Crippen LogP contribution in [0.4, 0.5) is 0 Å². The molecule has 132 valence electrons. The van der Waals surface area contributed by atoms with Gasteiger partial charge in [0.1, 0.15) is 0 Å². The molecular weight excluding hydrogens is 312 g/mol. The van der Waals surface area contributed by atoms with Crippen molar-refractivity contribution < 1.29 is 4.79 Å². The monoisotopic (exact) mass is 338 g/mol. The Hall–Kier alpha value is -2.56. The predicted molar refractivity (Wildman–Crippen MR) is 101 cm³/mol. The van der Waals surface area contributed by atoms with Gasteiger partial charge in [0.05, 0.1) is 12.2 Å². The van der Waals surface area contributed by atoms with Gasteiger partial charge in [-0.15, -0.1) is 0 Å². The first-order valence-electron chi connectivity index (χ1n) is 8.88. The van der Waals surface area contributed by atoms with E-state index in [1.807, 2.05) is 43.8 Å². The average Bonchev–Trinajstić information content (AvgIpc) is 3.11. The molecule has 0 spiro atoms. The number of nitrogens with one attached hydrogen (secondary N) is 2. The summed E-state index contributed by atoms with van der Waals surface area (Å²) in [6.45, 7) is 6.75. The van der Waals surface area contributed by atoms with Crippen LogP contribution >= 0.6 is 0 Å². The van der Waals surface area contributed by atoms with E-state index < -0.39 is 0 Å². The van der Waals surface area contributed by atoms with Crippen molar-refractivity contribution >= 4 is 16.8 Å². The largest absolute Gasteiger partial charge is 0.361 e. The summed E-state index contributed by atoms with van der Waals surface area (Å²) in [7, 11) is 0. The third-order valence-electron chi connectivity index (χ3n) is 4.48. The van der Waals surface area contributed by atoms with Gasteiger partial charge in [0, 0.05) is 35.3 Å². The van der Waals surface area contributed by atoms with Crippen molar-refractivity contribution in [2.75, 3.05) is 0 Å². The molecule has 1 aromatic carbocycles. The lowest BCUT2D eigenvalue weighted by atomic mass is 10.1. The highest BCUT2D eigenvalue weighted by atomic mass is 16.1. The average molecular weight is 338 g/mol. The lowest BCUT2D eigenvalue weighted by Crippen LogP contribution is -2.36. The van der Waals surface area contributed by atoms with Crippen LogP contribution in [0.15, 0.2) is 36.5 Å². The highest BCUT2D eigenvalue weighted by Gasteiger charge is 2.11. The number of aromatic nitrogens is 3. The maximum Gasteiger partial charge on any atom is 0.220 e. The lowest BCUT2D eigenvalue weighted by molar-refractivity contribution is -0.121. The predicted octanol–water partition coefficient (Wildman–Crippen LogP) is 3.51. The van der Waals surface area contributed by atoms with Gasteiger partial charge in [-0.1, -0.05) is 18.2 Å². The van der Waals surface area contributed by atoms with Gasteiger partial charge < -0.3 is 10.3 Å². The summed E-state index contributed by atoms with van der Waals surface area (Å²) < 4.78 is 1.95. The van der Waals surface area contributed by atoms with E-state index in [-0.39, 0.29) is 11.9 Å². The number of amides is 1. The molecule has 3 aromatic rings. The first kappa shape index (κ1) is 17.3. The molecule has 0 saturated carbocycles. The Labute approximate surface area is 148 Å². The van der Waals surface area contributed by atoms with E-state index in [0.717, 1.165) is 29.7 Å². The standard InChI is InChI=1S/C20H26N4O/c1-14-11-16(3)24(23-14)13-15(2)22-20(25)10-6-7-17-12-21-19-9-5-4-8-18(17)19/h4-5,8-9,11-12,15,21H,6-7,10,13H2,1-3H3,(H,22,25)/t15-/m1/s1. The SMILES string of the molecule is Cc1cc(C)n(C[C@@H](C)NC(=O)CCCc2c[nH]c3ccccc23)n1. The summed E-state index contributed by atoms with van der Waals surface area (Å²) in [4.78, 5) is 15.5. The molecule has 2 N–H and O–H groups in total. The number of rotatable bonds is 7. The van der Waals surface area contributed by atoms with E-state index in [2.05, 4.69) is 33.6 Å². The van der Waals surface area contributed by atoms with E-state index in [1.54, 1.807) is 0 Å². The summed E-state index contributed by atoms with van der Waals surface area (Å²) in [5, 5.41) is 8.77. The van der Waals surface area contributed by atoms with Gasteiger partial charge in [0.15, 0.2) is 0 Å². The first-order chi connectivity index (χ1) is 12.0. The number of carbonyl (C=O) groups is 1. The molecule has 0 aliphatic rings. The molecule has 0 radical (unpaired) electrons. The zero-order chi connectivity index (χ0) is 17.8. The molecule has 2 heterocycles. The minimum atomic E-state index is 0.0681. The number of aryl methyl sites for hydroxylation is 3. The van der Waals surface area contributed by atoms with E-state index >= 15 is 0 Å². The second kappa shape index (κ2) is 7.55. The van der Waals surface area contributed by atoms with Crippen LogP contribution in [0.3, 0.4) is 0 Å². The Kier molecular flexibility index (Phi) is 5.22. The fraction of sp³-hybridized carbons (Fsp3) is 0.400. The van der Waals surface area contributed by atoms with E-state index in [1.165, 1.54) is 10.9 Å². The third kappa shape index (κ3) is 4.29. The minimum absolute atomic E-state index is 0.0681. The molecule has 2 aromatic heterocycles. The molecule has 3 rings (SSSR count). The summed E-state index contributed by atoms with van der Waals surface area (Å²) >= 11 is 0. The smallest absolute Gasteiger partial charge is 0.220 e. The van der Waals surface area contributed by atoms with Crippen LogP contribution in [0.25, 0.3) is 10.9 Å². The van der Waals surface area contributed by atoms with Crippen molar-refractivity contribution in [3.8, 4) is 0 Å². The summed E-state index contributed by atoms with van der Waals surface area (Å²) in [5.74, 6) is 0.105. The fourth-order valence-corrected chi connectivity index (χ4v) is 3.29. The molecule has 0 bridgehead atoms. The Morgan fingerprint density at radius 2 is 2.12 bits per heavy atom. The molecule has 0 aliphatic carbocycles. The number of hydrogen-bond acceptors (Lipinski definition) is 2. The number of fused-ring (bicyclic) bond motifs is 1. The Morgan fingerprint density at radius 3 is 2.88 bits per heavy atom. The molecule has 0 saturated heterocycles. The maximum atomic E-state index is 12.2. The quantitative estimate of drug-likeness (QED) is 0.692.